The topological polar surface area (TPSA) is 42.2 Å². The Morgan fingerprint density at radius 1 is 1.39 bits per heavy atom. The number of aromatic nitrogens is 1. The number of anilines is 1. The fraction of sp³-hybridized carbons (Fsp3) is 0.571. The predicted molar refractivity (Wildman–Crippen MR) is 80.0 cm³/mol. The summed E-state index contributed by atoms with van der Waals surface area (Å²) in [6.07, 6.45) is 5.45. The summed E-state index contributed by atoms with van der Waals surface area (Å²) in [6.45, 7) is 6.74. The average Bonchev–Trinajstić information content (AvgIpc) is 2.50. The minimum absolute atomic E-state index is 0.424. The van der Waals surface area contributed by atoms with Crippen LogP contribution in [0.25, 0.3) is 0 Å². The van der Waals surface area contributed by atoms with Crippen molar-refractivity contribution in [3.63, 3.8) is 0 Å². The van der Waals surface area contributed by atoms with Gasteiger partial charge in [-0.25, -0.2) is 4.98 Å². The summed E-state index contributed by atoms with van der Waals surface area (Å²) in [5.74, 6) is 0.947. The Hall–Kier alpha value is -1.16. The Bertz CT molecular complexity index is 442. The first-order valence-corrected chi connectivity index (χ1v) is 6.90. The molecule has 0 atom stereocenters. The van der Waals surface area contributed by atoms with Gasteiger partial charge in [0, 0.05) is 19.3 Å². The summed E-state index contributed by atoms with van der Waals surface area (Å²) in [6, 6.07) is 3.85. The van der Waals surface area contributed by atoms with E-state index < -0.39 is 0 Å². The van der Waals surface area contributed by atoms with E-state index in [1.807, 2.05) is 18.3 Å². The van der Waals surface area contributed by atoms with Crippen LogP contribution < -0.4 is 10.6 Å². The molecule has 0 aliphatic carbocycles. The third-order valence-corrected chi connectivity index (χ3v) is 3.91. The van der Waals surface area contributed by atoms with Crippen LogP contribution in [0.2, 0.25) is 0 Å². The molecular weight excluding hydrogens is 242 g/mol. The lowest BCUT2D eigenvalue weighted by Crippen LogP contribution is -2.28. The maximum atomic E-state index is 5.78. The van der Waals surface area contributed by atoms with Crippen molar-refractivity contribution < 1.29 is 0 Å². The number of pyridine rings is 1. The first-order valence-electron chi connectivity index (χ1n) is 6.49. The Morgan fingerprint density at radius 3 is 2.89 bits per heavy atom. The highest BCUT2D eigenvalue weighted by Gasteiger charge is 2.24. The molecule has 4 heteroatoms. The second-order valence-electron chi connectivity index (χ2n) is 5.74. The van der Waals surface area contributed by atoms with Crippen LogP contribution in [0.4, 0.5) is 5.82 Å². The van der Waals surface area contributed by atoms with Gasteiger partial charge in [-0.2, -0.15) is 0 Å². The van der Waals surface area contributed by atoms with Gasteiger partial charge in [-0.15, -0.1) is 0 Å². The van der Waals surface area contributed by atoms with Gasteiger partial charge in [-0.3, -0.25) is 0 Å². The van der Waals surface area contributed by atoms with Crippen molar-refractivity contribution in [2.75, 3.05) is 18.0 Å². The summed E-state index contributed by atoms with van der Waals surface area (Å²) >= 11 is 5.11. The lowest BCUT2D eigenvalue weighted by Gasteiger charge is -2.25. The number of thiocarbonyl (C=S) groups is 1. The average molecular weight is 263 g/mol. The van der Waals surface area contributed by atoms with E-state index in [1.165, 1.54) is 19.3 Å². The zero-order valence-corrected chi connectivity index (χ0v) is 12.0. The van der Waals surface area contributed by atoms with Crippen molar-refractivity contribution in [2.45, 2.75) is 33.1 Å². The first kappa shape index (κ1) is 13.3. The molecule has 0 unspecified atom stereocenters. The molecule has 1 aromatic rings. The standard InChI is InChI=1S/C14H21N3S/c1-14(2)6-4-9-17(10-7-14)13-11(12(15)18)5-3-8-16-13/h3,5,8H,4,6-7,9-10H2,1-2H3,(H2,15,18). The molecule has 1 saturated heterocycles. The van der Waals surface area contributed by atoms with Crippen molar-refractivity contribution in [3.8, 4) is 0 Å². The Balaban J connectivity index is 2.24. The summed E-state index contributed by atoms with van der Waals surface area (Å²) in [7, 11) is 0. The van der Waals surface area contributed by atoms with Gasteiger partial charge < -0.3 is 10.6 Å². The normalized spacial score (nSPS) is 19.3. The molecule has 0 saturated carbocycles. The van der Waals surface area contributed by atoms with E-state index >= 15 is 0 Å². The van der Waals surface area contributed by atoms with Gasteiger partial charge in [0.1, 0.15) is 10.8 Å². The van der Waals surface area contributed by atoms with Crippen LogP contribution in [-0.2, 0) is 0 Å². The monoisotopic (exact) mass is 263 g/mol. The molecule has 0 spiro atoms. The summed E-state index contributed by atoms with van der Waals surface area (Å²) in [4.78, 5) is 7.23. The van der Waals surface area contributed by atoms with Crippen LogP contribution in [0.1, 0.15) is 38.7 Å². The molecule has 3 nitrogen and oxygen atoms in total. The maximum Gasteiger partial charge on any atom is 0.138 e. The number of nitrogens with two attached hydrogens (primary N) is 1. The van der Waals surface area contributed by atoms with Crippen LogP contribution in [0.15, 0.2) is 18.3 Å². The molecule has 2 heterocycles. The maximum absolute atomic E-state index is 5.78. The Labute approximate surface area is 114 Å². The third kappa shape index (κ3) is 2.99. The van der Waals surface area contributed by atoms with Gasteiger partial charge in [0.25, 0.3) is 0 Å². The molecule has 0 amide bonds. The van der Waals surface area contributed by atoms with Crippen molar-refractivity contribution >= 4 is 23.0 Å². The van der Waals surface area contributed by atoms with Crippen molar-refractivity contribution in [1.29, 1.82) is 0 Å². The quantitative estimate of drug-likeness (QED) is 0.833. The fourth-order valence-corrected chi connectivity index (χ4v) is 2.64. The smallest absolute Gasteiger partial charge is 0.138 e. The van der Waals surface area contributed by atoms with Gasteiger partial charge in [0.05, 0.1) is 5.56 Å². The minimum atomic E-state index is 0.424. The highest BCUT2D eigenvalue weighted by atomic mass is 32.1. The molecule has 0 bridgehead atoms. The van der Waals surface area contributed by atoms with E-state index in [-0.39, 0.29) is 0 Å². The van der Waals surface area contributed by atoms with Gasteiger partial charge in [0.2, 0.25) is 0 Å². The van der Waals surface area contributed by atoms with Crippen LogP contribution >= 0.6 is 12.2 Å². The van der Waals surface area contributed by atoms with Crippen molar-refractivity contribution in [3.05, 3.63) is 23.9 Å². The molecule has 98 valence electrons. The van der Waals surface area contributed by atoms with E-state index in [1.54, 1.807) is 0 Å². The minimum Gasteiger partial charge on any atom is -0.389 e. The Kier molecular flexibility index (Phi) is 3.85. The second kappa shape index (κ2) is 5.22. The predicted octanol–water partition coefficient (Wildman–Crippen LogP) is 2.73. The lowest BCUT2D eigenvalue weighted by molar-refractivity contribution is 0.325. The molecule has 1 aromatic heterocycles. The van der Waals surface area contributed by atoms with Crippen molar-refractivity contribution in [1.82, 2.24) is 4.98 Å². The summed E-state index contributed by atoms with van der Waals surface area (Å²) in [5.41, 5.74) is 7.10. The zero-order chi connectivity index (χ0) is 13.2. The van der Waals surface area contributed by atoms with Gasteiger partial charge >= 0.3 is 0 Å². The van der Waals surface area contributed by atoms with Crippen LogP contribution in [0.5, 0.6) is 0 Å². The number of hydrogen-bond donors (Lipinski definition) is 1. The SMILES string of the molecule is CC1(C)CCCN(c2ncccc2C(N)=S)CC1. The van der Waals surface area contributed by atoms with Crippen LogP contribution in [-0.4, -0.2) is 23.1 Å². The Morgan fingerprint density at radius 2 is 2.17 bits per heavy atom. The first-order chi connectivity index (χ1) is 8.49. The third-order valence-electron chi connectivity index (χ3n) is 3.69. The second-order valence-corrected chi connectivity index (χ2v) is 6.18. The van der Waals surface area contributed by atoms with Gasteiger partial charge in [0.15, 0.2) is 0 Å². The van der Waals surface area contributed by atoms with E-state index in [9.17, 15) is 0 Å². The van der Waals surface area contributed by atoms with E-state index in [4.69, 9.17) is 18.0 Å². The van der Waals surface area contributed by atoms with Gasteiger partial charge in [-0.05, 0) is 36.8 Å². The number of hydrogen-bond acceptors (Lipinski definition) is 3. The van der Waals surface area contributed by atoms with Crippen LogP contribution in [0.3, 0.4) is 0 Å². The lowest BCUT2D eigenvalue weighted by atomic mass is 9.85. The molecule has 2 N–H and O–H groups in total. The summed E-state index contributed by atoms with van der Waals surface area (Å²) in [5, 5.41) is 0. The fourth-order valence-electron chi connectivity index (χ4n) is 2.48. The number of rotatable bonds is 2. The molecule has 0 radical (unpaired) electrons. The zero-order valence-electron chi connectivity index (χ0n) is 11.1. The highest BCUT2D eigenvalue weighted by molar-refractivity contribution is 7.80. The molecule has 1 fully saturated rings. The highest BCUT2D eigenvalue weighted by Crippen LogP contribution is 2.31. The largest absolute Gasteiger partial charge is 0.389 e. The van der Waals surface area contributed by atoms with Crippen molar-refractivity contribution in [2.24, 2.45) is 11.1 Å². The summed E-state index contributed by atoms with van der Waals surface area (Å²) < 4.78 is 0. The van der Waals surface area contributed by atoms with E-state index in [0.717, 1.165) is 24.5 Å². The van der Waals surface area contributed by atoms with E-state index in [2.05, 4.69) is 23.7 Å². The molecule has 18 heavy (non-hydrogen) atoms. The molecule has 1 aliphatic rings. The molecular formula is C14H21N3S. The number of nitrogens with zero attached hydrogens (tertiary/aromatic N) is 2. The molecule has 0 aromatic carbocycles. The molecule has 2 rings (SSSR count). The van der Waals surface area contributed by atoms with Crippen LogP contribution in [0, 0.1) is 5.41 Å². The van der Waals surface area contributed by atoms with E-state index in [0.29, 0.717) is 10.4 Å². The molecule has 1 aliphatic heterocycles. The van der Waals surface area contributed by atoms with Gasteiger partial charge in [-0.1, -0.05) is 26.1 Å².